The number of hydrogen-bond donors (Lipinski definition) is 1. The van der Waals surface area contributed by atoms with Crippen molar-refractivity contribution in [2.24, 2.45) is 4.99 Å². The van der Waals surface area contributed by atoms with E-state index in [9.17, 15) is 0 Å². The van der Waals surface area contributed by atoms with Gasteiger partial charge in [-0.15, -0.1) is 0 Å². The van der Waals surface area contributed by atoms with Crippen molar-refractivity contribution >= 4 is 5.96 Å². The molecule has 2 fully saturated rings. The van der Waals surface area contributed by atoms with Gasteiger partial charge in [-0.25, -0.2) is 0 Å². The molecule has 134 valence electrons. The van der Waals surface area contributed by atoms with Gasteiger partial charge in [-0.2, -0.15) is 0 Å². The third kappa shape index (κ3) is 6.65. The zero-order valence-electron chi connectivity index (χ0n) is 15.1. The second-order valence-corrected chi connectivity index (χ2v) is 7.18. The smallest absolute Gasteiger partial charge is 0.194 e. The van der Waals surface area contributed by atoms with Crippen LogP contribution in [0.3, 0.4) is 0 Å². The van der Waals surface area contributed by atoms with E-state index in [1.165, 1.54) is 0 Å². The Hall–Kier alpha value is -0.850. The molecule has 2 heterocycles. The average molecular weight is 327 g/mol. The standard InChI is InChI=1S/C17H33N3O3/c1-5-18-16(19-12-15-13-21-10-11-22-15)20-8-6-14(7-9-20)23-17(2,3)4/h14-15H,5-13H2,1-4H3,(H,18,19). The number of aliphatic imine (C=N–C) groups is 1. The van der Waals surface area contributed by atoms with Gasteiger partial charge in [0.15, 0.2) is 5.96 Å². The third-order valence-electron chi connectivity index (χ3n) is 3.93. The number of rotatable bonds is 4. The predicted molar refractivity (Wildman–Crippen MR) is 92.0 cm³/mol. The number of hydrogen-bond acceptors (Lipinski definition) is 4. The molecule has 0 aromatic heterocycles. The van der Waals surface area contributed by atoms with Gasteiger partial charge in [0.2, 0.25) is 0 Å². The Balaban J connectivity index is 1.83. The minimum Gasteiger partial charge on any atom is -0.376 e. The molecule has 0 radical (unpaired) electrons. The van der Waals surface area contributed by atoms with E-state index in [1.807, 2.05) is 0 Å². The van der Waals surface area contributed by atoms with Gasteiger partial charge in [0.25, 0.3) is 0 Å². The van der Waals surface area contributed by atoms with E-state index >= 15 is 0 Å². The molecule has 0 saturated carbocycles. The summed E-state index contributed by atoms with van der Waals surface area (Å²) in [5.41, 5.74) is -0.0657. The average Bonchev–Trinajstić information content (AvgIpc) is 2.52. The van der Waals surface area contributed by atoms with Crippen LogP contribution in [0, 0.1) is 0 Å². The lowest BCUT2D eigenvalue weighted by Crippen LogP contribution is -2.48. The molecule has 0 bridgehead atoms. The number of nitrogens with zero attached hydrogens (tertiary/aromatic N) is 2. The quantitative estimate of drug-likeness (QED) is 0.628. The maximum Gasteiger partial charge on any atom is 0.194 e. The molecule has 0 spiro atoms. The topological polar surface area (TPSA) is 55.3 Å². The summed E-state index contributed by atoms with van der Waals surface area (Å²) in [5.74, 6) is 0.982. The van der Waals surface area contributed by atoms with E-state index in [0.717, 1.165) is 38.4 Å². The maximum atomic E-state index is 6.10. The van der Waals surface area contributed by atoms with Gasteiger partial charge >= 0.3 is 0 Å². The van der Waals surface area contributed by atoms with E-state index in [4.69, 9.17) is 19.2 Å². The predicted octanol–water partition coefficient (Wildman–Crippen LogP) is 1.65. The van der Waals surface area contributed by atoms with Crippen molar-refractivity contribution in [3.63, 3.8) is 0 Å². The number of likely N-dealkylation sites (tertiary alicyclic amines) is 1. The van der Waals surface area contributed by atoms with Crippen LogP contribution in [0.25, 0.3) is 0 Å². The lowest BCUT2D eigenvalue weighted by Gasteiger charge is -2.37. The Morgan fingerprint density at radius 2 is 2.00 bits per heavy atom. The van der Waals surface area contributed by atoms with Gasteiger partial charge in [0.1, 0.15) is 6.10 Å². The van der Waals surface area contributed by atoms with Gasteiger partial charge < -0.3 is 24.4 Å². The summed E-state index contributed by atoms with van der Waals surface area (Å²) in [6, 6.07) is 0. The van der Waals surface area contributed by atoms with Crippen LogP contribution in [0.1, 0.15) is 40.5 Å². The summed E-state index contributed by atoms with van der Waals surface area (Å²) >= 11 is 0. The Morgan fingerprint density at radius 3 is 2.57 bits per heavy atom. The van der Waals surface area contributed by atoms with Crippen LogP contribution >= 0.6 is 0 Å². The summed E-state index contributed by atoms with van der Waals surface area (Å²) in [6.45, 7) is 14.0. The minimum atomic E-state index is -0.0657. The Bertz CT molecular complexity index is 368. The summed E-state index contributed by atoms with van der Waals surface area (Å²) in [7, 11) is 0. The second-order valence-electron chi connectivity index (χ2n) is 7.18. The van der Waals surface area contributed by atoms with Crippen molar-refractivity contribution in [2.45, 2.75) is 58.3 Å². The van der Waals surface area contributed by atoms with Gasteiger partial charge in [-0.05, 0) is 40.5 Å². The SMILES string of the molecule is CCNC(=NCC1COCCO1)N1CCC(OC(C)(C)C)CC1. The van der Waals surface area contributed by atoms with Crippen LogP contribution in [0.2, 0.25) is 0 Å². The lowest BCUT2D eigenvalue weighted by atomic mass is 10.1. The number of guanidine groups is 1. The van der Waals surface area contributed by atoms with E-state index < -0.39 is 0 Å². The van der Waals surface area contributed by atoms with E-state index in [2.05, 4.69) is 37.9 Å². The molecule has 0 aromatic rings. The molecule has 23 heavy (non-hydrogen) atoms. The first-order chi connectivity index (χ1) is 11.0. The highest BCUT2D eigenvalue weighted by molar-refractivity contribution is 5.80. The van der Waals surface area contributed by atoms with Crippen LogP contribution in [0.5, 0.6) is 0 Å². The highest BCUT2D eigenvalue weighted by Gasteiger charge is 2.25. The molecule has 2 saturated heterocycles. The normalized spacial score (nSPS) is 24.8. The zero-order chi connectivity index (χ0) is 16.7. The Labute approximate surface area is 140 Å². The van der Waals surface area contributed by atoms with Crippen molar-refractivity contribution in [1.82, 2.24) is 10.2 Å². The first kappa shape index (κ1) is 18.5. The van der Waals surface area contributed by atoms with Crippen molar-refractivity contribution in [3.05, 3.63) is 0 Å². The van der Waals surface area contributed by atoms with E-state index in [-0.39, 0.29) is 11.7 Å². The van der Waals surface area contributed by atoms with Crippen molar-refractivity contribution in [3.8, 4) is 0 Å². The van der Waals surface area contributed by atoms with Crippen LogP contribution in [0.4, 0.5) is 0 Å². The fourth-order valence-corrected chi connectivity index (χ4v) is 2.94. The summed E-state index contributed by atoms with van der Waals surface area (Å²) in [5, 5.41) is 3.39. The lowest BCUT2D eigenvalue weighted by molar-refractivity contribution is -0.0836. The molecular formula is C17H33N3O3. The van der Waals surface area contributed by atoms with Gasteiger partial charge in [0, 0.05) is 19.6 Å². The molecule has 6 heteroatoms. The molecule has 1 N–H and O–H groups in total. The van der Waals surface area contributed by atoms with Crippen LogP contribution in [-0.2, 0) is 14.2 Å². The number of piperidine rings is 1. The Morgan fingerprint density at radius 1 is 1.26 bits per heavy atom. The molecule has 2 aliphatic heterocycles. The number of nitrogens with one attached hydrogen (secondary N) is 1. The summed E-state index contributed by atoms with van der Waals surface area (Å²) < 4.78 is 17.2. The molecule has 1 unspecified atom stereocenters. The van der Waals surface area contributed by atoms with Gasteiger partial charge in [-0.3, -0.25) is 4.99 Å². The molecule has 2 rings (SSSR count). The third-order valence-corrected chi connectivity index (χ3v) is 3.93. The second kappa shape index (κ2) is 8.85. The molecular weight excluding hydrogens is 294 g/mol. The monoisotopic (exact) mass is 327 g/mol. The first-order valence-electron chi connectivity index (χ1n) is 8.88. The molecule has 0 aliphatic carbocycles. The summed E-state index contributed by atoms with van der Waals surface area (Å²) in [6.07, 6.45) is 2.53. The Kier molecular flexibility index (Phi) is 7.11. The maximum absolute atomic E-state index is 6.10. The van der Waals surface area contributed by atoms with Crippen LogP contribution < -0.4 is 5.32 Å². The summed E-state index contributed by atoms with van der Waals surface area (Å²) in [4.78, 5) is 7.08. The molecule has 6 nitrogen and oxygen atoms in total. The fraction of sp³-hybridized carbons (Fsp3) is 0.941. The van der Waals surface area contributed by atoms with E-state index in [1.54, 1.807) is 0 Å². The largest absolute Gasteiger partial charge is 0.376 e. The molecule has 1 atom stereocenters. The molecule has 2 aliphatic rings. The van der Waals surface area contributed by atoms with Crippen molar-refractivity contribution in [2.75, 3.05) is 46.0 Å². The molecule has 0 amide bonds. The zero-order valence-corrected chi connectivity index (χ0v) is 15.1. The van der Waals surface area contributed by atoms with Crippen LogP contribution in [-0.4, -0.2) is 74.7 Å². The molecule has 0 aromatic carbocycles. The fourth-order valence-electron chi connectivity index (χ4n) is 2.94. The van der Waals surface area contributed by atoms with Gasteiger partial charge in [-0.1, -0.05) is 0 Å². The number of ether oxygens (including phenoxy) is 3. The van der Waals surface area contributed by atoms with E-state index in [0.29, 0.717) is 32.5 Å². The van der Waals surface area contributed by atoms with Gasteiger partial charge in [0.05, 0.1) is 38.1 Å². The highest BCUT2D eigenvalue weighted by Crippen LogP contribution is 2.20. The minimum absolute atomic E-state index is 0.0657. The van der Waals surface area contributed by atoms with Crippen molar-refractivity contribution < 1.29 is 14.2 Å². The van der Waals surface area contributed by atoms with Crippen LogP contribution in [0.15, 0.2) is 4.99 Å². The highest BCUT2D eigenvalue weighted by atomic mass is 16.6. The first-order valence-corrected chi connectivity index (χ1v) is 8.88. The van der Waals surface area contributed by atoms with Crippen molar-refractivity contribution in [1.29, 1.82) is 0 Å².